The van der Waals surface area contributed by atoms with Gasteiger partial charge in [0.15, 0.2) is 0 Å². The van der Waals surface area contributed by atoms with E-state index in [1.165, 1.54) is 0 Å². The van der Waals surface area contributed by atoms with Crippen molar-refractivity contribution in [1.82, 2.24) is 0 Å². The molecule has 0 unspecified atom stereocenters. The second-order valence-corrected chi connectivity index (χ2v) is 5.47. The Bertz CT molecular complexity index is 47.7. The molecule has 0 spiro atoms. The minimum atomic E-state index is -0.236. The molecule has 0 aliphatic heterocycles. The van der Waals surface area contributed by atoms with Crippen molar-refractivity contribution in [3.8, 4) is 0 Å². The molecule has 0 radical (unpaired) electrons. The van der Waals surface area contributed by atoms with Crippen molar-refractivity contribution in [1.29, 1.82) is 0 Å². The van der Waals surface area contributed by atoms with Gasteiger partial charge >= 0.3 is 0 Å². The highest BCUT2D eigenvalue weighted by molar-refractivity contribution is 9.25. The third-order valence-corrected chi connectivity index (χ3v) is 2.37. The first-order valence-electron chi connectivity index (χ1n) is 2.11. The van der Waals surface area contributed by atoms with Crippen LogP contribution in [0.15, 0.2) is 0 Å². The highest BCUT2D eigenvalue weighted by Crippen LogP contribution is 2.28. The first-order chi connectivity index (χ1) is 3.12. The average molecular weight is 232 g/mol. The summed E-state index contributed by atoms with van der Waals surface area (Å²) in [5, 5.41) is 8.50. The Balaban J connectivity index is 3.36. The van der Waals surface area contributed by atoms with Crippen LogP contribution in [-0.2, 0) is 0 Å². The SMILES string of the molecule is CCC(Br)(Br)CO. The van der Waals surface area contributed by atoms with Crippen molar-refractivity contribution >= 4 is 31.9 Å². The first-order valence-corrected chi connectivity index (χ1v) is 3.69. The molecule has 0 fully saturated rings. The van der Waals surface area contributed by atoms with Gasteiger partial charge in [0.2, 0.25) is 0 Å². The van der Waals surface area contributed by atoms with Gasteiger partial charge < -0.3 is 5.11 Å². The van der Waals surface area contributed by atoms with E-state index in [1.807, 2.05) is 6.92 Å². The molecule has 0 heterocycles. The third kappa shape index (κ3) is 3.50. The van der Waals surface area contributed by atoms with E-state index in [0.717, 1.165) is 6.42 Å². The number of hydrogen-bond acceptors (Lipinski definition) is 1. The molecule has 0 saturated carbocycles. The van der Waals surface area contributed by atoms with E-state index in [1.54, 1.807) is 0 Å². The van der Waals surface area contributed by atoms with Crippen LogP contribution in [0.3, 0.4) is 0 Å². The summed E-state index contributed by atoms with van der Waals surface area (Å²) < 4.78 is -0.236. The summed E-state index contributed by atoms with van der Waals surface area (Å²) in [4.78, 5) is 0. The van der Waals surface area contributed by atoms with Gasteiger partial charge in [0.05, 0.1) is 6.61 Å². The van der Waals surface area contributed by atoms with E-state index >= 15 is 0 Å². The van der Waals surface area contributed by atoms with Gasteiger partial charge in [0.1, 0.15) is 3.23 Å². The van der Waals surface area contributed by atoms with Gasteiger partial charge in [-0.05, 0) is 6.42 Å². The average Bonchev–Trinajstić information content (AvgIpc) is 1.68. The van der Waals surface area contributed by atoms with Crippen LogP contribution in [-0.4, -0.2) is 14.9 Å². The molecule has 0 bridgehead atoms. The molecule has 1 N–H and O–H groups in total. The van der Waals surface area contributed by atoms with Gasteiger partial charge in [-0.2, -0.15) is 0 Å². The number of aliphatic hydroxyl groups excluding tert-OH is 1. The smallest absolute Gasteiger partial charge is 0.103 e. The standard InChI is InChI=1S/C4H8Br2O/c1-2-4(5,6)3-7/h7H,2-3H2,1H3. The van der Waals surface area contributed by atoms with Crippen LogP contribution in [0.4, 0.5) is 0 Å². The van der Waals surface area contributed by atoms with Gasteiger partial charge in [0, 0.05) is 0 Å². The molecule has 3 heteroatoms. The molecule has 0 aliphatic carbocycles. The summed E-state index contributed by atoms with van der Waals surface area (Å²) >= 11 is 6.49. The predicted molar refractivity (Wildman–Crippen MR) is 38.0 cm³/mol. The maximum atomic E-state index is 8.50. The van der Waals surface area contributed by atoms with E-state index < -0.39 is 0 Å². The number of halogens is 2. The highest BCUT2D eigenvalue weighted by atomic mass is 79.9. The van der Waals surface area contributed by atoms with E-state index in [-0.39, 0.29) is 9.84 Å². The Hall–Kier alpha value is 0.920. The molecular formula is C4H8Br2O. The van der Waals surface area contributed by atoms with Crippen LogP contribution < -0.4 is 0 Å². The van der Waals surface area contributed by atoms with Crippen LogP contribution in [0.5, 0.6) is 0 Å². The monoisotopic (exact) mass is 230 g/mol. The topological polar surface area (TPSA) is 20.2 Å². The largest absolute Gasteiger partial charge is 0.394 e. The Morgan fingerprint density at radius 2 is 2.00 bits per heavy atom. The predicted octanol–water partition coefficient (Wildman–Crippen LogP) is 1.87. The summed E-state index contributed by atoms with van der Waals surface area (Å²) in [5.41, 5.74) is 0. The Morgan fingerprint density at radius 1 is 1.57 bits per heavy atom. The third-order valence-electron chi connectivity index (χ3n) is 0.749. The molecule has 0 aromatic carbocycles. The van der Waals surface area contributed by atoms with Crippen molar-refractivity contribution in [3.05, 3.63) is 0 Å². The lowest BCUT2D eigenvalue weighted by Crippen LogP contribution is -2.14. The quantitative estimate of drug-likeness (QED) is 0.720. The maximum Gasteiger partial charge on any atom is 0.103 e. The fraction of sp³-hybridized carbons (Fsp3) is 1.00. The van der Waals surface area contributed by atoms with E-state index in [2.05, 4.69) is 31.9 Å². The Morgan fingerprint density at radius 3 is 2.00 bits per heavy atom. The molecule has 0 aromatic rings. The van der Waals surface area contributed by atoms with Gasteiger partial charge in [-0.3, -0.25) is 0 Å². The number of alkyl halides is 2. The molecule has 0 aromatic heterocycles. The fourth-order valence-electron chi connectivity index (χ4n) is 0.112. The lowest BCUT2D eigenvalue weighted by atomic mass is 10.4. The van der Waals surface area contributed by atoms with Gasteiger partial charge in [0.25, 0.3) is 0 Å². The molecular weight excluding hydrogens is 224 g/mol. The fourth-order valence-corrected chi connectivity index (χ4v) is 0.112. The molecule has 44 valence electrons. The van der Waals surface area contributed by atoms with Crippen LogP contribution >= 0.6 is 31.9 Å². The summed E-state index contributed by atoms with van der Waals surface area (Å²) in [7, 11) is 0. The zero-order valence-electron chi connectivity index (χ0n) is 4.12. The van der Waals surface area contributed by atoms with E-state index in [0.29, 0.717) is 0 Å². The maximum absolute atomic E-state index is 8.50. The van der Waals surface area contributed by atoms with Crippen LogP contribution in [0.1, 0.15) is 13.3 Å². The van der Waals surface area contributed by atoms with Gasteiger partial charge in [-0.1, -0.05) is 38.8 Å². The van der Waals surface area contributed by atoms with E-state index in [4.69, 9.17) is 5.11 Å². The van der Waals surface area contributed by atoms with Crippen molar-refractivity contribution in [2.45, 2.75) is 16.6 Å². The Kier molecular flexibility index (Phi) is 3.45. The normalized spacial score (nSPS) is 12.0. The second-order valence-electron chi connectivity index (χ2n) is 1.37. The zero-order chi connectivity index (χ0) is 5.91. The molecule has 0 aliphatic rings. The minimum Gasteiger partial charge on any atom is -0.394 e. The molecule has 0 atom stereocenters. The summed E-state index contributed by atoms with van der Waals surface area (Å²) in [6.07, 6.45) is 0.878. The molecule has 0 amide bonds. The lowest BCUT2D eigenvalue weighted by molar-refractivity contribution is 0.286. The Labute approximate surface area is 60.4 Å². The van der Waals surface area contributed by atoms with Gasteiger partial charge in [-0.15, -0.1) is 0 Å². The summed E-state index contributed by atoms with van der Waals surface area (Å²) in [6, 6.07) is 0. The van der Waals surface area contributed by atoms with E-state index in [9.17, 15) is 0 Å². The first kappa shape index (κ1) is 7.92. The zero-order valence-corrected chi connectivity index (χ0v) is 7.29. The molecule has 7 heavy (non-hydrogen) atoms. The van der Waals surface area contributed by atoms with Crippen LogP contribution in [0, 0.1) is 0 Å². The number of rotatable bonds is 2. The minimum absolute atomic E-state index is 0.128. The lowest BCUT2D eigenvalue weighted by Gasteiger charge is -2.12. The molecule has 1 nitrogen and oxygen atoms in total. The van der Waals surface area contributed by atoms with Crippen molar-refractivity contribution in [2.24, 2.45) is 0 Å². The van der Waals surface area contributed by atoms with Crippen molar-refractivity contribution < 1.29 is 5.11 Å². The van der Waals surface area contributed by atoms with Crippen LogP contribution in [0.25, 0.3) is 0 Å². The van der Waals surface area contributed by atoms with Crippen LogP contribution in [0.2, 0.25) is 0 Å². The molecule has 0 rings (SSSR count). The van der Waals surface area contributed by atoms with Crippen molar-refractivity contribution in [3.63, 3.8) is 0 Å². The van der Waals surface area contributed by atoms with Crippen molar-refractivity contribution in [2.75, 3.05) is 6.61 Å². The summed E-state index contributed by atoms with van der Waals surface area (Å²) in [5.74, 6) is 0. The second kappa shape index (κ2) is 3.05. The summed E-state index contributed by atoms with van der Waals surface area (Å²) in [6.45, 7) is 2.11. The number of hydrogen-bond donors (Lipinski definition) is 1. The molecule has 0 saturated heterocycles. The van der Waals surface area contributed by atoms with Gasteiger partial charge in [-0.25, -0.2) is 0 Å². The highest BCUT2D eigenvalue weighted by Gasteiger charge is 2.16. The number of aliphatic hydroxyl groups is 1.